The summed E-state index contributed by atoms with van der Waals surface area (Å²) in [5.74, 6) is 0.832. The van der Waals surface area contributed by atoms with Crippen LogP contribution in [0.25, 0.3) is 0 Å². The minimum absolute atomic E-state index is 0.0698. The predicted molar refractivity (Wildman–Crippen MR) is 107 cm³/mol. The summed E-state index contributed by atoms with van der Waals surface area (Å²) in [6.07, 6.45) is 2.66. The average Bonchev–Trinajstić information content (AvgIpc) is 3.35. The number of fused-ring (bicyclic) bond motifs is 1. The van der Waals surface area contributed by atoms with Gasteiger partial charge in [-0.3, -0.25) is 0 Å². The number of para-hydroxylation sites is 1. The number of nitrogens with zero attached hydrogens (tertiary/aromatic N) is 1. The summed E-state index contributed by atoms with van der Waals surface area (Å²) in [7, 11) is 0. The van der Waals surface area contributed by atoms with Gasteiger partial charge in [0.15, 0.2) is 0 Å². The lowest BCUT2D eigenvalue weighted by molar-refractivity contribution is 0.251. The quantitative estimate of drug-likeness (QED) is 0.663. The highest BCUT2D eigenvalue weighted by molar-refractivity contribution is 6.30. The van der Waals surface area contributed by atoms with Crippen LogP contribution in [0, 0.1) is 0 Å². The van der Waals surface area contributed by atoms with Gasteiger partial charge in [0.05, 0.1) is 6.26 Å². The molecule has 2 heterocycles. The number of nitrogens with one attached hydrogen (secondary N) is 2. The summed E-state index contributed by atoms with van der Waals surface area (Å²) in [6.45, 7) is 1.33. The number of benzene rings is 2. The number of hydrogen-bond acceptors (Lipinski definition) is 3. The van der Waals surface area contributed by atoms with Crippen LogP contribution < -0.4 is 15.5 Å². The molecule has 1 aliphatic rings. The van der Waals surface area contributed by atoms with Crippen molar-refractivity contribution in [2.75, 3.05) is 23.3 Å². The van der Waals surface area contributed by atoms with Crippen LogP contribution in [0.4, 0.5) is 16.2 Å². The fourth-order valence-electron chi connectivity index (χ4n) is 3.43. The van der Waals surface area contributed by atoms with Crippen molar-refractivity contribution in [1.29, 1.82) is 0 Å². The molecule has 3 aromatic rings. The Bertz CT molecular complexity index is 909. The first-order chi connectivity index (χ1) is 13.2. The van der Waals surface area contributed by atoms with Gasteiger partial charge in [-0.2, -0.15) is 0 Å². The maximum absolute atomic E-state index is 12.3. The van der Waals surface area contributed by atoms with Crippen molar-refractivity contribution in [1.82, 2.24) is 5.32 Å². The Balaban J connectivity index is 1.46. The monoisotopic (exact) mass is 381 g/mol. The van der Waals surface area contributed by atoms with Gasteiger partial charge in [-0.05, 0) is 54.4 Å². The minimum atomic E-state index is -0.263. The van der Waals surface area contributed by atoms with E-state index in [1.807, 2.05) is 18.2 Å². The molecule has 0 spiro atoms. The molecule has 2 aromatic carbocycles. The van der Waals surface area contributed by atoms with E-state index >= 15 is 0 Å². The minimum Gasteiger partial charge on any atom is -0.467 e. The van der Waals surface area contributed by atoms with E-state index in [9.17, 15) is 4.79 Å². The second kappa shape index (κ2) is 7.76. The Morgan fingerprint density at radius 3 is 2.70 bits per heavy atom. The largest absolute Gasteiger partial charge is 0.467 e. The summed E-state index contributed by atoms with van der Waals surface area (Å²) in [5.41, 5.74) is 3.21. The van der Waals surface area contributed by atoms with Crippen molar-refractivity contribution in [3.05, 3.63) is 83.3 Å². The summed E-state index contributed by atoms with van der Waals surface area (Å²) >= 11 is 5.88. The molecule has 6 heteroatoms. The highest BCUT2D eigenvalue weighted by atomic mass is 35.5. The third-order valence-corrected chi connectivity index (χ3v) is 4.98. The smallest absolute Gasteiger partial charge is 0.319 e. The van der Waals surface area contributed by atoms with Crippen LogP contribution in [-0.4, -0.2) is 19.1 Å². The van der Waals surface area contributed by atoms with E-state index in [2.05, 4.69) is 33.7 Å². The van der Waals surface area contributed by atoms with Gasteiger partial charge in [-0.15, -0.1) is 0 Å². The molecule has 0 radical (unpaired) electrons. The Hall–Kier alpha value is -2.92. The van der Waals surface area contributed by atoms with Crippen LogP contribution >= 0.6 is 11.6 Å². The Kier molecular flexibility index (Phi) is 5.03. The van der Waals surface area contributed by atoms with E-state index in [1.54, 1.807) is 30.5 Å². The average molecular weight is 382 g/mol. The van der Waals surface area contributed by atoms with Gasteiger partial charge < -0.3 is 20.0 Å². The fourth-order valence-corrected chi connectivity index (χ4v) is 3.56. The van der Waals surface area contributed by atoms with Crippen molar-refractivity contribution in [2.45, 2.75) is 12.5 Å². The molecular formula is C21H20ClN3O2. The van der Waals surface area contributed by atoms with Gasteiger partial charge in [-0.25, -0.2) is 4.79 Å². The molecule has 0 bridgehead atoms. The maximum atomic E-state index is 12.3. The van der Waals surface area contributed by atoms with Crippen molar-refractivity contribution < 1.29 is 9.21 Å². The molecule has 1 aromatic heterocycles. The Labute approximate surface area is 162 Å². The topological polar surface area (TPSA) is 57.5 Å². The van der Waals surface area contributed by atoms with Gasteiger partial charge in [-0.1, -0.05) is 29.8 Å². The van der Waals surface area contributed by atoms with E-state index in [4.69, 9.17) is 16.0 Å². The number of carbonyl (C=O) groups is 1. The molecule has 0 saturated carbocycles. The molecule has 2 amide bonds. The molecule has 1 aliphatic heterocycles. The molecular weight excluding hydrogens is 362 g/mol. The lowest BCUT2D eigenvalue weighted by atomic mass is 10.1. The standard InChI is InChI=1S/C21H20ClN3O2/c22-16-7-9-17(10-8-16)24-21(26)23-14-19(20-6-3-13-27-20)25-12-11-15-4-1-2-5-18(15)25/h1-10,13,19H,11-12,14H2,(H2,23,24,26)/t19-/m0/s1. The van der Waals surface area contributed by atoms with Crippen molar-refractivity contribution in [3.63, 3.8) is 0 Å². The first-order valence-electron chi connectivity index (χ1n) is 8.89. The molecule has 2 N–H and O–H groups in total. The molecule has 0 saturated heterocycles. The van der Waals surface area contributed by atoms with Crippen LogP contribution in [0.3, 0.4) is 0 Å². The van der Waals surface area contributed by atoms with Gasteiger partial charge in [0.25, 0.3) is 0 Å². The summed E-state index contributed by atoms with van der Waals surface area (Å²) < 4.78 is 5.66. The van der Waals surface area contributed by atoms with Gasteiger partial charge >= 0.3 is 6.03 Å². The van der Waals surface area contributed by atoms with Crippen LogP contribution in [-0.2, 0) is 6.42 Å². The van der Waals surface area contributed by atoms with Crippen molar-refractivity contribution in [3.8, 4) is 0 Å². The highest BCUT2D eigenvalue weighted by Crippen LogP contribution is 2.34. The normalized spacial score (nSPS) is 13.9. The first kappa shape index (κ1) is 17.5. The number of furan rings is 1. The summed E-state index contributed by atoms with van der Waals surface area (Å²) in [6, 6.07) is 18.9. The molecule has 5 nitrogen and oxygen atoms in total. The van der Waals surface area contributed by atoms with Crippen LogP contribution in [0.15, 0.2) is 71.3 Å². The van der Waals surface area contributed by atoms with E-state index in [0.717, 1.165) is 18.7 Å². The van der Waals surface area contributed by atoms with Crippen LogP contribution in [0.5, 0.6) is 0 Å². The predicted octanol–water partition coefficient (Wildman–Crippen LogP) is 4.86. The third-order valence-electron chi connectivity index (χ3n) is 4.73. The number of anilines is 2. The fraction of sp³-hybridized carbons (Fsp3) is 0.190. The molecule has 138 valence electrons. The second-order valence-electron chi connectivity index (χ2n) is 6.45. The number of carbonyl (C=O) groups excluding carboxylic acids is 1. The Morgan fingerprint density at radius 1 is 1.11 bits per heavy atom. The number of amides is 2. The zero-order valence-corrected chi connectivity index (χ0v) is 15.4. The second-order valence-corrected chi connectivity index (χ2v) is 6.88. The van der Waals surface area contributed by atoms with E-state index in [1.165, 1.54) is 11.3 Å². The van der Waals surface area contributed by atoms with Gasteiger partial charge in [0.1, 0.15) is 11.8 Å². The molecule has 0 unspecified atom stereocenters. The summed E-state index contributed by atoms with van der Waals surface area (Å²) in [4.78, 5) is 14.6. The van der Waals surface area contributed by atoms with Crippen molar-refractivity contribution in [2.24, 2.45) is 0 Å². The number of urea groups is 1. The van der Waals surface area contributed by atoms with Gasteiger partial charge in [0, 0.05) is 29.5 Å². The van der Waals surface area contributed by atoms with Crippen LogP contribution in [0.1, 0.15) is 17.4 Å². The lowest BCUT2D eigenvalue weighted by Gasteiger charge is -2.29. The Morgan fingerprint density at radius 2 is 1.93 bits per heavy atom. The maximum Gasteiger partial charge on any atom is 0.319 e. The molecule has 27 heavy (non-hydrogen) atoms. The first-order valence-corrected chi connectivity index (χ1v) is 9.27. The van der Waals surface area contributed by atoms with E-state index < -0.39 is 0 Å². The molecule has 0 fully saturated rings. The van der Waals surface area contributed by atoms with E-state index in [0.29, 0.717) is 17.3 Å². The van der Waals surface area contributed by atoms with E-state index in [-0.39, 0.29) is 12.1 Å². The SMILES string of the molecule is O=C(NC[C@@H](c1ccco1)N1CCc2ccccc21)Nc1ccc(Cl)cc1. The van der Waals surface area contributed by atoms with Crippen molar-refractivity contribution >= 4 is 29.0 Å². The summed E-state index contributed by atoms with van der Waals surface area (Å²) in [5, 5.41) is 6.41. The molecule has 0 aliphatic carbocycles. The number of hydrogen-bond donors (Lipinski definition) is 2. The number of rotatable bonds is 5. The highest BCUT2D eigenvalue weighted by Gasteiger charge is 2.29. The lowest BCUT2D eigenvalue weighted by Crippen LogP contribution is -2.39. The molecule has 1 atom stereocenters. The zero-order valence-electron chi connectivity index (χ0n) is 14.7. The van der Waals surface area contributed by atoms with Crippen LogP contribution in [0.2, 0.25) is 5.02 Å². The zero-order chi connectivity index (χ0) is 18.6. The molecule has 4 rings (SSSR count). The van der Waals surface area contributed by atoms with Gasteiger partial charge in [0.2, 0.25) is 0 Å². The third kappa shape index (κ3) is 3.93. The number of halogens is 1.